The molecular formula is C25H20FNO4. The third kappa shape index (κ3) is 3.57. The molecule has 1 aliphatic heterocycles. The molecule has 0 aromatic heterocycles. The van der Waals surface area contributed by atoms with Gasteiger partial charge in [-0.2, -0.15) is 0 Å². The molecule has 5 nitrogen and oxygen atoms in total. The summed E-state index contributed by atoms with van der Waals surface area (Å²) in [6.45, 7) is 3.81. The number of Topliss-reactive ketones (excluding diaryl/α,β-unsaturated/α-hetero) is 1. The predicted octanol–water partition coefficient (Wildman–Crippen LogP) is 4.77. The monoisotopic (exact) mass is 417 g/mol. The van der Waals surface area contributed by atoms with Gasteiger partial charge in [-0.3, -0.25) is 14.5 Å². The van der Waals surface area contributed by atoms with E-state index < -0.39 is 23.5 Å². The van der Waals surface area contributed by atoms with E-state index in [4.69, 9.17) is 0 Å². The van der Waals surface area contributed by atoms with Crippen LogP contribution in [0.2, 0.25) is 0 Å². The Balaban J connectivity index is 1.96. The molecule has 0 saturated carbocycles. The van der Waals surface area contributed by atoms with Gasteiger partial charge in [0.15, 0.2) is 0 Å². The van der Waals surface area contributed by atoms with E-state index in [9.17, 15) is 24.2 Å². The van der Waals surface area contributed by atoms with Crippen LogP contribution in [-0.2, 0) is 9.59 Å². The van der Waals surface area contributed by atoms with Crippen molar-refractivity contribution in [3.05, 3.63) is 100 Å². The van der Waals surface area contributed by atoms with Crippen LogP contribution in [0.15, 0.2) is 72.3 Å². The minimum Gasteiger partial charge on any atom is -0.508 e. The lowest BCUT2D eigenvalue weighted by atomic mass is 9.94. The minimum absolute atomic E-state index is 0.0478. The summed E-state index contributed by atoms with van der Waals surface area (Å²) < 4.78 is 13.5. The van der Waals surface area contributed by atoms with Crippen molar-refractivity contribution in [1.29, 1.82) is 0 Å². The lowest BCUT2D eigenvalue weighted by Crippen LogP contribution is -2.29. The summed E-state index contributed by atoms with van der Waals surface area (Å²) in [6.07, 6.45) is 0. The van der Waals surface area contributed by atoms with Crippen LogP contribution in [-0.4, -0.2) is 21.9 Å². The summed E-state index contributed by atoms with van der Waals surface area (Å²) in [7, 11) is 0. The van der Waals surface area contributed by atoms with Gasteiger partial charge in [0.05, 0.1) is 11.6 Å². The Kier molecular flexibility index (Phi) is 5.07. The number of amides is 1. The van der Waals surface area contributed by atoms with Crippen molar-refractivity contribution in [2.45, 2.75) is 19.9 Å². The van der Waals surface area contributed by atoms with Crippen molar-refractivity contribution in [2.24, 2.45) is 0 Å². The van der Waals surface area contributed by atoms with Crippen molar-refractivity contribution in [1.82, 2.24) is 0 Å². The molecule has 2 N–H and O–H groups in total. The van der Waals surface area contributed by atoms with Gasteiger partial charge in [-0.25, -0.2) is 4.39 Å². The number of aliphatic hydroxyl groups excluding tert-OH is 1. The number of hydrogen-bond donors (Lipinski definition) is 2. The third-order valence-corrected chi connectivity index (χ3v) is 5.52. The average molecular weight is 417 g/mol. The fraction of sp³-hybridized carbons (Fsp3) is 0.120. The SMILES string of the molecule is Cc1ccc(/C(O)=C2/C(=O)C(=O)N(c3ccc(F)cc3)C2c2cccc(O)c2)cc1C. The number of carbonyl (C=O) groups excluding carboxylic acids is 2. The number of phenols is 1. The Hall–Kier alpha value is -3.93. The molecule has 4 rings (SSSR count). The second kappa shape index (κ2) is 7.72. The number of phenolic OH excluding ortho intramolecular Hbond substituents is 1. The molecule has 31 heavy (non-hydrogen) atoms. The number of carbonyl (C=O) groups is 2. The molecule has 1 unspecified atom stereocenters. The second-order valence-electron chi connectivity index (χ2n) is 7.54. The first-order valence-electron chi connectivity index (χ1n) is 9.71. The molecule has 3 aromatic carbocycles. The van der Waals surface area contributed by atoms with E-state index >= 15 is 0 Å². The fourth-order valence-corrected chi connectivity index (χ4v) is 3.76. The number of hydrogen-bond acceptors (Lipinski definition) is 4. The maximum atomic E-state index is 13.5. The van der Waals surface area contributed by atoms with E-state index in [0.717, 1.165) is 11.1 Å². The van der Waals surface area contributed by atoms with Gasteiger partial charge < -0.3 is 10.2 Å². The molecule has 1 heterocycles. The number of rotatable bonds is 3. The number of aryl methyl sites for hydroxylation is 2. The van der Waals surface area contributed by atoms with Crippen molar-refractivity contribution in [3.8, 4) is 5.75 Å². The first-order chi connectivity index (χ1) is 14.8. The number of halogens is 1. The molecule has 156 valence electrons. The molecule has 1 amide bonds. The molecule has 1 saturated heterocycles. The van der Waals surface area contributed by atoms with Crippen LogP contribution in [0.3, 0.4) is 0 Å². The molecule has 1 fully saturated rings. The molecule has 1 aliphatic rings. The van der Waals surface area contributed by atoms with Crippen molar-refractivity contribution < 1.29 is 24.2 Å². The van der Waals surface area contributed by atoms with Gasteiger partial charge >= 0.3 is 0 Å². The van der Waals surface area contributed by atoms with Crippen LogP contribution in [0.4, 0.5) is 10.1 Å². The Bertz CT molecular complexity index is 1230. The van der Waals surface area contributed by atoms with Crippen LogP contribution in [0.1, 0.15) is 28.3 Å². The zero-order valence-electron chi connectivity index (χ0n) is 17.0. The Morgan fingerprint density at radius 2 is 1.65 bits per heavy atom. The summed E-state index contributed by atoms with van der Waals surface area (Å²) in [4.78, 5) is 27.3. The normalized spacial score (nSPS) is 17.9. The van der Waals surface area contributed by atoms with E-state index in [-0.39, 0.29) is 17.1 Å². The van der Waals surface area contributed by atoms with Gasteiger partial charge in [0.25, 0.3) is 11.7 Å². The van der Waals surface area contributed by atoms with Gasteiger partial charge in [0.1, 0.15) is 17.3 Å². The van der Waals surface area contributed by atoms with Crippen LogP contribution in [0, 0.1) is 19.7 Å². The molecule has 0 bridgehead atoms. The molecule has 0 aliphatic carbocycles. The van der Waals surface area contributed by atoms with Crippen LogP contribution in [0.5, 0.6) is 5.75 Å². The summed E-state index contributed by atoms with van der Waals surface area (Å²) in [5, 5.41) is 21.1. The van der Waals surface area contributed by atoms with Crippen LogP contribution in [0.25, 0.3) is 5.76 Å². The van der Waals surface area contributed by atoms with E-state index in [1.54, 1.807) is 24.3 Å². The van der Waals surface area contributed by atoms with E-state index in [1.807, 2.05) is 19.9 Å². The van der Waals surface area contributed by atoms with Crippen molar-refractivity contribution in [2.75, 3.05) is 4.90 Å². The topological polar surface area (TPSA) is 77.8 Å². The molecule has 6 heteroatoms. The van der Waals surface area contributed by atoms with Crippen molar-refractivity contribution in [3.63, 3.8) is 0 Å². The number of anilines is 1. The lowest BCUT2D eigenvalue weighted by Gasteiger charge is -2.25. The Morgan fingerprint density at radius 1 is 0.935 bits per heavy atom. The fourth-order valence-electron chi connectivity index (χ4n) is 3.76. The maximum Gasteiger partial charge on any atom is 0.300 e. The largest absolute Gasteiger partial charge is 0.508 e. The molecule has 3 aromatic rings. The highest BCUT2D eigenvalue weighted by molar-refractivity contribution is 6.51. The highest BCUT2D eigenvalue weighted by Crippen LogP contribution is 2.42. The van der Waals surface area contributed by atoms with Crippen LogP contribution >= 0.6 is 0 Å². The highest BCUT2D eigenvalue weighted by atomic mass is 19.1. The second-order valence-corrected chi connectivity index (χ2v) is 7.54. The van der Waals surface area contributed by atoms with E-state index in [0.29, 0.717) is 16.8 Å². The molecule has 1 atom stereocenters. The summed E-state index contributed by atoms with van der Waals surface area (Å²) in [6, 6.07) is 15.6. The number of benzene rings is 3. The van der Waals surface area contributed by atoms with Gasteiger partial charge in [0, 0.05) is 11.3 Å². The number of aliphatic hydroxyl groups is 1. The quantitative estimate of drug-likeness (QED) is 0.365. The Morgan fingerprint density at radius 3 is 2.29 bits per heavy atom. The summed E-state index contributed by atoms with van der Waals surface area (Å²) in [5.74, 6) is -2.53. The number of nitrogens with zero attached hydrogens (tertiary/aromatic N) is 1. The lowest BCUT2D eigenvalue weighted by molar-refractivity contribution is -0.132. The van der Waals surface area contributed by atoms with Gasteiger partial charge in [-0.1, -0.05) is 24.3 Å². The molecule has 0 spiro atoms. The number of ketones is 1. The highest BCUT2D eigenvalue weighted by Gasteiger charge is 2.47. The zero-order chi connectivity index (χ0) is 22.3. The van der Waals surface area contributed by atoms with Crippen LogP contribution < -0.4 is 4.90 Å². The van der Waals surface area contributed by atoms with E-state index in [1.165, 1.54) is 41.3 Å². The zero-order valence-corrected chi connectivity index (χ0v) is 17.0. The standard InChI is InChI=1S/C25H20FNO4/c1-14-6-7-17(12-15(14)2)23(29)21-22(16-4-3-5-20(28)13-16)27(25(31)24(21)30)19-10-8-18(26)9-11-19/h3-13,22,28-29H,1-2H3/b23-21-. The number of aromatic hydroxyl groups is 1. The first-order valence-corrected chi connectivity index (χ1v) is 9.71. The van der Waals surface area contributed by atoms with Gasteiger partial charge in [-0.15, -0.1) is 0 Å². The molecular weight excluding hydrogens is 397 g/mol. The summed E-state index contributed by atoms with van der Waals surface area (Å²) >= 11 is 0. The van der Waals surface area contributed by atoms with Crippen molar-refractivity contribution >= 4 is 23.1 Å². The Labute approximate surface area is 178 Å². The van der Waals surface area contributed by atoms with Gasteiger partial charge in [-0.05, 0) is 73.0 Å². The third-order valence-electron chi connectivity index (χ3n) is 5.52. The smallest absolute Gasteiger partial charge is 0.300 e. The maximum absolute atomic E-state index is 13.5. The first kappa shape index (κ1) is 20.3. The molecule has 0 radical (unpaired) electrons. The predicted molar refractivity (Wildman–Crippen MR) is 115 cm³/mol. The van der Waals surface area contributed by atoms with Gasteiger partial charge in [0.2, 0.25) is 0 Å². The minimum atomic E-state index is -0.987. The van der Waals surface area contributed by atoms with E-state index in [2.05, 4.69) is 0 Å². The average Bonchev–Trinajstić information content (AvgIpc) is 3.01. The summed E-state index contributed by atoms with van der Waals surface area (Å²) in [5.41, 5.74) is 3.00.